The molecule has 0 aliphatic carbocycles. The van der Waals surface area contributed by atoms with E-state index in [2.05, 4.69) is 4.98 Å². The lowest BCUT2D eigenvalue weighted by Gasteiger charge is -2.19. The monoisotopic (exact) mass is 434 g/mol. The maximum atomic E-state index is 12.9. The predicted octanol–water partition coefficient (Wildman–Crippen LogP) is 4.08. The van der Waals surface area contributed by atoms with Crippen molar-refractivity contribution in [3.63, 3.8) is 0 Å². The summed E-state index contributed by atoms with van der Waals surface area (Å²) in [5, 5.41) is 9.35. The molecule has 152 valence electrons. The number of rotatable bonds is 7. The van der Waals surface area contributed by atoms with Gasteiger partial charge in [-0.2, -0.15) is 13.2 Å². The number of carbonyl (C=O) groups is 1. The summed E-state index contributed by atoms with van der Waals surface area (Å²) in [5.41, 5.74) is -0.562. The molecule has 0 bridgehead atoms. The fraction of sp³-hybridized carbons (Fsp3) is 0.294. The van der Waals surface area contributed by atoms with Gasteiger partial charge in [0.25, 0.3) is 10.0 Å². The molecular weight excluding hydrogens is 417 g/mol. The molecular formula is C17H17F3N2O4S2. The second-order valence-electron chi connectivity index (χ2n) is 5.58. The van der Waals surface area contributed by atoms with Gasteiger partial charge in [0.05, 0.1) is 16.0 Å². The summed E-state index contributed by atoms with van der Waals surface area (Å²) in [4.78, 5) is 14.8. The van der Waals surface area contributed by atoms with E-state index in [9.17, 15) is 31.5 Å². The molecule has 1 aromatic carbocycles. The summed E-state index contributed by atoms with van der Waals surface area (Å²) < 4.78 is 64.6. The summed E-state index contributed by atoms with van der Waals surface area (Å²) in [5.74, 6) is -1.24. The van der Waals surface area contributed by atoms with Crippen LogP contribution in [0.5, 0.6) is 0 Å². The van der Waals surface area contributed by atoms with Gasteiger partial charge in [-0.15, -0.1) is 3.71 Å². The molecule has 0 unspecified atom stereocenters. The van der Waals surface area contributed by atoms with Crippen LogP contribution in [-0.2, 0) is 22.6 Å². The number of aromatic nitrogens is 1. The molecule has 0 aliphatic heterocycles. The summed E-state index contributed by atoms with van der Waals surface area (Å²) in [7, 11) is -4.10. The highest BCUT2D eigenvalue weighted by molar-refractivity contribution is 8.08. The number of halogens is 3. The minimum atomic E-state index is -4.54. The molecule has 28 heavy (non-hydrogen) atoms. The molecule has 11 heteroatoms. The lowest BCUT2D eigenvalue weighted by Crippen LogP contribution is -2.25. The average Bonchev–Trinajstić information content (AvgIpc) is 2.64. The number of pyridine rings is 1. The molecule has 2 rings (SSSR count). The summed E-state index contributed by atoms with van der Waals surface area (Å²) in [6.07, 6.45) is -3.49. The molecule has 0 saturated heterocycles. The molecule has 1 N–H and O–H groups in total. The maximum absolute atomic E-state index is 12.9. The molecule has 2 aromatic rings. The highest BCUT2D eigenvalue weighted by Crippen LogP contribution is 2.32. The van der Waals surface area contributed by atoms with Crippen molar-refractivity contribution in [3.8, 4) is 0 Å². The standard InChI is InChI=1S/C17H17F3N2O4S2/c1-3-11-5-7-13(9-14(11)16(23)24)28(25,26)22(4-2)27-15-8-6-12(10-21-15)17(18,19)20/h5-10H,3-4H2,1-2H3,(H,23,24). The van der Waals surface area contributed by atoms with Crippen LogP contribution in [0.2, 0.25) is 0 Å². The van der Waals surface area contributed by atoms with Crippen LogP contribution >= 0.6 is 11.9 Å². The molecule has 0 amide bonds. The van der Waals surface area contributed by atoms with Crippen molar-refractivity contribution < 1.29 is 31.5 Å². The average molecular weight is 434 g/mol. The van der Waals surface area contributed by atoms with Crippen LogP contribution in [0.25, 0.3) is 0 Å². The van der Waals surface area contributed by atoms with Crippen LogP contribution in [0.1, 0.15) is 35.3 Å². The Labute approximate surface area is 164 Å². The molecule has 0 atom stereocenters. The zero-order chi connectivity index (χ0) is 21.1. The fourth-order valence-corrected chi connectivity index (χ4v) is 4.86. The van der Waals surface area contributed by atoms with Crippen molar-refractivity contribution in [3.05, 3.63) is 53.2 Å². The highest BCUT2D eigenvalue weighted by Gasteiger charge is 2.31. The zero-order valence-electron chi connectivity index (χ0n) is 14.9. The second kappa shape index (κ2) is 8.50. The molecule has 0 radical (unpaired) electrons. The summed E-state index contributed by atoms with van der Waals surface area (Å²) >= 11 is 0.654. The zero-order valence-corrected chi connectivity index (χ0v) is 16.5. The third kappa shape index (κ3) is 4.83. The van der Waals surface area contributed by atoms with E-state index in [0.29, 0.717) is 30.1 Å². The number of carboxylic acid groups (broad SMARTS) is 1. The van der Waals surface area contributed by atoms with Gasteiger partial charge < -0.3 is 5.11 Å². The quantitative estimate of drug-likeness (QED) is 0.661. The lowest BCUT2D eigenvalue weighted by atomic mass is 10.1. The number of aryl methyl sites for hydroxylation is 1. The van der Waals surface area contributed by atoms with Gasteiger partial charge in [0.2, 0.25) is 0 Å². The molecule has 1 heterocycles. The van der Waals surface area contributed by atoms with Gasteiger partial charge in [0.15, 0.2) is 0 Å². The molecule has 0 aliphatic rings. The predicted molar refractivity (Wildman–Crippen MR) is 97.4 cm³/mol. The van der Waals surface area contributed by atoms with Crippen LogP contribution in [0.4, 0.5) is 13.2 Å². The van der Waals surface area contributed by atoms with Crippen LogP contribution in [0.15, 0.2) is 46.5 Å². The summed E-state index contributed by atoms with van der Waals surface area (Å²) in [6, 6.07) is 5.72. The van der Waals surface area contributed by atoms with Gasteiger partial charge in [0.1, 0.15) is 5.03 Å². The number of hydrogen-bond acceptors (Lipinski definition) is 5. The van der Waals surface area contributed by atoms with E-state index in [1.807, 2.05) is 0 Å². The number of carboxylic acids is 1. The van der Waals surface area contributed by atoms with Crippen molar-refractivity contribution in [1.82, 2.24) is 8.69 Å². The van der Waals surface area contributed by atoms with E-state index < -0.39 is 27.7 Å². The third-order valence-electron chi connectivity index (χ3n) is 3.78. The van der Waals surface area contributed by atoms with Gasteiger partial charge in [-0.1, -0.05) is 19.9 Å². The third-order valence-corrected chi connectivity index (χ3v) is 7.12. The first-order chi connectivity index (χ1) is 13.0. The first kappa shape index (κ1) is 22.2. The van der Waals surface area contributed by atoms with E-state index in [0.717, 1.165) is 21.9 Å². The molecule has 6 nitrogen and oxygen atoms in total. The van der Waals surface area contributed by atoms with Crippen LogP contribution in [-0.4, -0.2) is 34.7 Å². The number of hydrogen-bond donors (Lipinski definition) is 1. The Morgan fingerprint density at radius 2 is 1.89 bits per heavy atom. The number of benzene rings is 1. The highest BCUT2D eigenvalue weighted by atomic mass is 32.3. The first-order valence-corrected chi connectivity index (χ1v) is 10.3. The van der Waals surface area contributed by atoms with Crippen molar-refractivity contribution in [2.75, 3.05) is 6.54 Å². The molecule has 0 saturated carbocycles. The number of sulfonamides is 1. The largest absolute Gasteiger partial charge is 0.478 e. The second-order valence-corrected chi connectivity index (χ2v) is 8.71. The van der Waals surface area contributed by atoms with E-state index in [-0.39, 0.29) is 22.0 Å². The first-order valence-electron chi connectivity index (χ1n) is 8.10. The van der Waals surface area contributed by atoms with E-state index >= 15 is 0 Å². The van der Waals surface area contributed by atoms with Crippen molar-refractivity contribution in [2.45, 2.75) is 36.4 Å². The van der Waals surface area contributed by atoms with Crippen LogP contribution in [0.3, 0.4) is 0 Å². The minimum Gasteiger partial charge on any atom is -0.478 e. The summed E-state index contributed by atoms with van der Waals surface area (Å²) in [6.45, 7) is 3.29. The van der Waals surface area contributed by atoms with Gasteiger partial charge in [0, 0.05) is 12.7 Å². The number of alkyl halides is 3. The van der Waals surface area contributed by atoms with Crippen molar-refractivity contribution in [2.24, 2.45) is 0 Å². The van der Waals surface area contributed by atoms with Gasteiger partial charge in [-0.3, -0.25) is 0 Å². The van der Waals surface area contributed by atoms with Gasteiger partial charge >= 0.3 is 12.1 Å². The SMILES string of the molecule is CCc1ccc(S(=O)(=O)N(CC)Sc2ccc(C(F)(F)F)cn2)cc1C(=O)O. The Morgan fingerprint density at radius 3 is 2.36 bits per heavy atom. The van der Waals surface area contributed by atoms with Gasteiger partial charge in [-0.05, 0) is 48.2 Å². The molecule has 0 fully saturated rings. The van der Waals surface area contributed by atoms with Gasteiger partial charge in [-0.25, -0.2) is 18.2 Å². The Kier molecular flexibility index (Phi) is 6.73. The topological polar surface area (TPSA) is 87.6 Å². The normalized spacial score (nSPS) is 12.4. The van der Waals surface area contributed by atoms with Crippen LogP contribution < -0.4 is 0 Å². The van der Waals surface area contributed by atoms with E-state index in [1.165, 1.54) is 12.1 Å². The van der Waals surface area contributed by atoms with Crippen LogP contribution in [0, 0.1) is 0 Å². The Hall–Kier alpha value is -2.11. The van der Waals surface area contributed by atoms with E-state index in [1.54, 1.807) is 13.8 Å². The number of nitrogens with zero attached hydrogens (tertiary/aromatic N) is 2. The Morgan fingerprint density at radius 1 is 1.21 bits per heavy atom. The smallest absolute Gasteiger partial charge is 0.417 e. The molecule has 1 aromatic heterocycles. The maximum Gasteiger partial charge on any atom is 0.417 e. The van der Waals surface area contributed by atoms with Crippen molar-refractivity contribution in [1.29, 1.82) is 0 Å². The van der Waals surface area contributed by atoms with E-state index in [4.69, 9.17) is 0 Å². The lowest BCUT2D eigenvalue weighted by molar-refractivity contribution is -0.137. The fourth-order valence-electron chi connectivity index (χ4n) is 2.33. The Balaban J connectivity index is 2.35. The van der Waals surface area contributed by atoms with Crippen molar-refractivity contribution >= 4 is 27.9 Å². The Bertz CT molecular complexity index is 961. The molecule has 0 spiro atoms. The minimum absolute atomic E-state index is 0.00631. The number of aromatic carboxylic acids is 1.